The summed E-state index contributed by atoms with van der Waals surface area (Å²) >= 11 is 3.51. The molecule has 2 aromatic heterocycles. The van der Waals surface area contributed by atoms with E-state index in [2.05, 4.69) is 74.0 Å². The van der Waals surface area contributed by atoms with Crippen molar-refractivity contribution in [2.24, 2.45) is 0 Å². The van der Waals surface area contributed by atoms with Gasteiger partial charge in [-0.05, 0) is 49.6 Å². The summed E-state index contributed by atoms with van der Waals surface area (Å²) in [5.41, 5.74) is 14.0. The van der Waals surface area contributed by atoms with Gasteiger partial charge in [-0.3, -0.25) is 0 Å². The van der Waals surface area contributed by atoms with E-state index in [0.717, 1.165) is 13.1 Å². The summed E-state index contributed by atoms with van der Waals surface area (Å²) < 4.78 is 4.68. The fourth-order valence-corrected chi connectivity index (χ4v) is 5.37. The number of hydrogen-bond acceptors (Lipinski definition) is 2. The van der Waals surface area contributed by atoms with E-state index in [0.29, 0.717) is 0 Å². The molecule has 0 atom stereocenters. The highest BCUT2D eigenvalue weighted by Crippen LogP contribution is 2.24. The molecular formula is C23H28N2S2+2. The minimum absolute atomic E-state index is 0.909. The molecule has 4 heteroatoms. The number of aromatic nitrogens is 2. The Bertz CT molecular complexity index is 943. The van der Waals surface area contributed by atoms with Crippen molar-refractivity contribution in [2.45, 2.75) is 47.7 Å². The SMILES string of the molecule is C=Cc1sc[n+](Cc2c(C)cc(C)c(C[n+]3csc(C=C)c3C)c2C)c1C. The number of nitrogens with zero attached hydrogens (tertiary/aromatic N) is 2. The number of benzene rings is 1. The Morgan fingerprint density at radius 1 is 0.778 bits per heavy atom. The van der Waals surface area contributed by atoms with Gasteiger partial charge < -0.3 is 0 Å². The molecule has 0 N–H and O–H groups in total. The number of hydrogen-bond donors (Lipinski definition) is 0. The summed E-state index contributed by atoms with van der Waals surface area (Å²) in [6.07, 6.45) is 3.90. The Labute approximate surface area is 170 Å². The zero-order valence-electron chi connectivity index (χ0n) is 16.9. The lowest BCUT2D eigenvalue weighted by Crippen LogP contribution is -2.37. The largest absolute Gasteiger partial charge is 0.225 e. The smallest absolute Gasteiger partial charge is 0.188 e. The third kappa shape index (κ3) is 3.69. The van der Waals surface area contributed by atoms with E-state index in [1.165, 1.54) is 49.0 Å². The van der Waals surface area contributed by atoms with Gasteiger partial charge in [-0.15, -0.1) is 0 Å². The highest BCUT2D eigenvalue weighted by Gasteiger charge is 2.21. The second-order valence-electron chi connectivity index (χ2n) is 7.10. The van der Waals surface area contributed by atoms with Crippen molar-refractivity contribution >= 4 is 34.8 Å². The number of aryl methyl sites for hydroxylation is 2. The zero-order valence-corrected chi connectivity index (χ0v) is 18.6. The first-order valence-electron chi connectivity index (χ1n) is 9.15. The van der Waals surface area contributed by atoms with Crippen LogP contribution in [0.1, 0.15) is 49.0 Å². The molecule has 0 aliphatic rings. The Morgan fingerprint density at radius 2 is 1.19 bits per heavy atom. The van der Waals surface area contributed by atoms with Gasteiger partial charge in [-0.1, -0.05) is 41.9 Å². The molecule has 0 radical (unpaired) electrons. The zero-order chi connectivity index (χ0) is 19.7. The maximum absolute atomic E-state index is 3.93. The second kappa shape index (κ2) is 7.91. The van der Waals surface area contributed by atoms with Crippen molar-refractivity contribution in [1.29, 1.82) is 0 Å². The first-order chi connectivity index (χ1) is 12.9. The maximum atomic E-state index is 3.93. The monoisotopic (exact) mass is 396 g/mol. The van der Waals surface area contributed by atoms with Crippen LogP contribution in [0, 0.1) is 34.6 Å². The average molecular weight is 397 g/mol. The molecule has 0 saturated carbocycles. The molecular weight excluding hydrogens is 368 g/mol. The Hall–Kier alpha value is -2.04. The van der Waals surface area contributed by atoms with Gasteiger partial charge >= 0.3 is 0 Å². The van der Waals surface area contributed by atoms with Gasteiger partial charge in [0.1, 0.15) is 0 Å². The maximum Gasteiger partial charge on any atom is 0.225 e. The fourth-order valence-electron chi connectivity index (χ4n) is 3.66. The molecule has 0 spiro atoms. The van der Waals surface area contributed by atoms with Crippen LogP contribution in [0.3, 0.4) is 0 Å². The molecule has 0 amide bonds. The molecule has 0 aliphatic heterocycles. The predicted octanol–water partition coefficient (Wildman–Crippen LogP) is 5.31. The minimum atomic E-state index is 0.909. The minimum Gasteiger partial charge on any atom is -0.188 e. The van der Waals surface area contributed by atoms with Gasteiger partial charge in [-0.2, -0.15) is 9.13 Å². The summed E-state index contributed by atoms with van der Waals surface area (Å²) in [6, 6.07) is 2.34. The van der Waals surface area contributed by atoms with E-state index in [9.17, 15) is 0 Å². The highest BCUT2D eigenvalue weighted by molar-refractivity contribution is 7.10. The normalized spacial score (nSPS) is 11.0. The molecule has 0 aliphatic carbocycles. The summed E-state index contributed by atoms with van der Waals surface area (Å²) in [4.78, 5) is 2.50. The first-order valence-corrected chi connectivity index (χ1v) is 10.9. The van der Waals surface area contributed by atoms with Crippen molar-refractivity contribution in [3.63, 3.8) is 0 Å². The lowest BCUT2D eigenvalue weighted by molar-refractivity contribution is -0.690. The third-order valence-electron chi connectivity index (χ3n) is 5.51. The van der Waals surface area contributed by atoms with Gasteiger partial charge in [0.2, 0.25) is 11.0 Å². The molecule has 0 bridgehead atoms. The fraction of sp³-hybridized carbons (Fsp3) is 0.304. The topological polar surface area (TPSA) is 7.76 Å². The summed E-state index contributed by atoms with van der Waals surface area (Å²) in [5.74, 6) is 0. The Morgan fingerprint density at radius 3 is 1.52 bits per heavy atom. The first kappa shape index (κ1) is 19.7. The van der Waals surface area contributed by atoms with Crippen molar-refractivity contribution in [3.8, 4) is 0 Å². The van der Waals surface area contributed by atoms with Crippen LogP contribution in [0.15, 0.2) is 30.2 Å². The molecule has 27 heavy (non-hydrogen) atoms. The molecule has 2 heterocycles. The molecule has 0 saturated heterocycles. The Kier molecular flexibility index (Phi) is 5.78. The summed E-state index contributed by atoms with van der Waals surface area (Å²) in [7, 11) is 0. The van der Waals surface area contributed by atoms with Crippen LogP contribution in [0.25, 0.3) is 12.2 Å². The van der Waals surface area contributed by atoms with Gasteiger partial charge in [0, 0.05) is 25.0 Å². The van der Waals surface area contributed by atoms with Gasteiger partial charge in [0.15, 0.2) is 24.5 Å². The van der Waals surface area contributed by atoms with Gasteiger partial charge in [0.25, 0.3) is 0 Å². The summed E-state index contributed by atoms with van der Waals surface area (Å²) in [5, 5.41) is 0. The van der Waals surface area contributed by atoms with E-state index in [1.807, 2.05) is 12.2 Å². The van der Waals surface area contributed by atoms with Crippen LogP contribution in [-0.2, 0) is 13.1 Å². The van der Waals surface area contributed by atoms with Crippen molar-refractivity contribution in [3.05, 3.63) is 79.2 Å². The molecule has 1 aromatic carbocycles. The Balaban J connectivity index is 2.02. The van der Waals surface area contributed by atoms with Crippen molar-refractivity contribution in [1.82, 2.24) is 0 Å². The van der Waals surface area contributed by atoms with E-state index < -0.39 is 0 Å². The third-order valence-corrected chi connectivity index (χ3v) is 7.66. The molecule has 0 fully saturated rings. The predicted molar refractivity (Wildman–Crippen MR) is 118 cm³/mol. The lowest BCUT2D eigenvalue weighted by Gasteiger charge is -2.14. The van der Waals surface area contributed by atoms with Crippen LogP contribution in [0.2, 0.25) is 0 Å². The molecule has 0 unspecified atom stereocenters. The average Bonchev–Trinajstić information content (AvgIpc) is 3.17. The number of thiazole rings is 2. The van der Waals surface area contributed by atoms with Crippen LogP contribution >= 0.6 is 22.7 Å². The van der Waals surface area contributed by atoms with Gasteiger partial charge in [-0.25, -0.2) is 0 Å². The molecule has 2 nitrogen and oxygen atoms in total. The standard InChI is InChI=1S/C23H28N2S2/c1-8-22-18(6)24(13-26-22)11-20-15(3)10-16(4)21(17(20)5)12-25-14-27-23(9-2)19(25)7/h8-10,13-14H,1-2,11-12H2,3-7H3/q+2. The van der Waals surface area contributed by atoms with Crippen molar-refractivity contribution < 1.29 is 9.13 Å². The summed E-state index contributed by atoms with van der Waals surface area (Å²) in [6.45, 7) is 20.8. The molecule has 3 rings (SSSR count). The molecule has 140 valence electrons. The van der Waals surface area contributed by atoms with Gasteiger partial charge in [0.05, 0.1) is 9.75 Å². The molecule has 3 aromatic rings. The van der Waals surface area contributed by atoms with Crippen LogP contribution < -0.4 is 9.13 Å². The van der Waals surface area contributed by atoms with Crippen LogP contribution in [0.5, 0.6) is 0 Å². The quantitative estimate of drug-likeness (QED) is 0.499. The van der Waals surface area contributed by atoms with E-state index in [-0.39, 0.29) is 0 Å². The van der Waals surface area contributed by atoms with Crippen LogP contribution in [-0.4, -0.2) is 0 Å². The van der Waals surface area contributed by atoms with E-state index >= 15 is 0 Å². The number of rotatable bonds is 6. The second-order valence-corrected chi connectivity index (χ2v) is 8.88. The van der Waals surface area contributed by atoms with Crippen LogP contribution in [0.4, 0.5) is 0 Å². The van der Waals surface area contributed by atoms with E-state index in [1.54, 1.807) is 22.7 Å². The highest BCUT2D eigenvalue weighted by atomic mass is 32.1. The lowest BCUT2D eigenvalue weighted by atomic mass is 9.93. The van der Waals surface area contributed by atoms with E-state index in [4.69, 9.17) is 0 Å². The van der Waals surface area contributed by atoms with Crippen molar-refractivity contribution in [2.75, 3.05) is 0 Å².